The number of carbonyl (C=O) groups is 1. The van der Waals surface area contributed by atoms with E-state index in [1.807, 2.05) is 41.3 Å². The molecule has 1 aromatic heterocycles. The Morgan fingerprint density at radius 3 is 2.41 bits per heavy atom. The van der Waals surface area contributed by atoms with Crippen LogP contribution in [0.2, 0.25) is 0 Å². The number of benzene rings is 1. The van der Waals surface area contributed by atoms with E-state index in [1.54, 1.807) is 12.3 Å². The van der Waals surface area contributed by atoms with Gasteiger partial charge in [-0.25, -0.2) is 4.98 Å². The van der Waals surface area contributed by atoms with Gasteiger partial charge >= 0.3 is 0 Å². The smallest absolute Gasteiger partial charge is 0.231 e. The second kappa shape index (κ2) is 10.8. The van der Waals surface area contributed by atoms with E-state index < -0.39 is 0 Å². The molecule has 1 aliphatic heterocycles. The van der Waals surface area contributed by atoms with Crippen molar-refractivity contribution >= 4 is 17.4 Å². The summed E-state index contributed by atoms with van der Waals surface area (Å²) in [4.78, 5) is 24.5. The topological polar surface area (TPSA) is 59.9 Å². The Morgan fingerprint density at radius 1 is 1.03 bits per heavy atom. The van der Waals surface area contributed by atoms with Gasteiger partial charge in [-0.2, -0.15) is 0 Å². The number of hydrogen-bond donors (Lipinski definition) is 1. The zero-order valence-corrected chi connectivity index (χ0v) is 19.2. The molecule has 32 heavy (non-hydrogen) atoms. The number of piperazine rings is 1. The summed E-state index contributed by atoms with van der Waals surface area (Å²) in [5.74, 6) is 2.25. The van der Waals surface area contributed by atoms with Gasteiger partial charge in [-0.1, -0.05) is 31.5 Å². The minimum atomic E-state index is 0.123. The van der Waals surface area contributed by atoms with E-state index in [-0.39, 0.29) is 11.8 Å². The monoisotopic (exact) mass is 436 g/mol. The molecule has 6 heteroatoms. The molecule has 1 saturated heterocycles. The lowest BCUT2D eigenvalue weighted by molar-refractivity contribution is -0.123. The molecule has 2 heterocycles. The summed E-state index contributed by atoms with van der Waals surface area (Å²) in [5.41, 5.74) is 0.903. The van der Waals surface area contributed by atoms with Gasteiger partial charge in [0.05, 0.1) is 5.69 Å². The van der Waals surface area contributed by atoms with Crippen LogP contribution in [0.5, 0.6) is 5.75 Å². The molecule has 1 saturated carbocycles. The summed E-state index contributed by atoms with van der Waals surface area (Å²) in [6, 6.07) is 13.3. The normalized spacial score (nSPS) is 22.0. The van der Waals surface area contributed by atoms with Crippen LogP contribution in [0.1, 0.15) is 39.0 Å². The number of anilines is 2. The number of aromatic nitrogens is 1. The lowest BCUT2D eigenvalue weighted by Gasteiger charge is -2.37. The van der Waals surface area contributed by atoms with Crippen molar-refractivity contribution in [2.75, 3.05) is 49.1 Å². The third-order valence-corrected chi connectivity index (χ3v) is 7.20. The van der Waals surface area contributed by atoms with Crippen LogP contribution in [0.15, 0.2) is 48.7 Å². The van der Waals surface area contributed by atoms with Crippen LogP contribution in [0, 0.1) is 11.8 Å². The van der Waals surface area contributed by atoms with Gasteiger partial charge in [-0.3, -0.25) is 14.6 Å². The van der Waals surface area contributed by atoms with Gasteiger partial charge in [0, 0.05) is 51.4 Å². The quantitative estimate of drug-likeness (QED) is 0.706. The molecule has 0 spiro atoms. The molecule has 172 valence electrons. The number of rotatable bonds is 7. The number of pyridine rings is 1. The van der Waals surface area contributed by atoms with Crippen LogP contribution < -0.4 is 9.80 Å². The van der Waals surface area contributed by atoms with Crippen molar-refractivity contribution in [2.45, 2.75) is 39.0 Å². The summed E-state index contributed by atoms with van der Waals surface area (Å²) in [5, 5.41) is 10.1. The first kappa shape index (κ1) is 22.6. The fourth-order valence-corrected chi connectivity index (χ4v) is 5.07. The molecule has 0 radical (unpaired) electrons. The Kier molecular flexibility index (Phi) is 7.63. The molecule has 2 fully saturated rings. The number of carbonyl (C=O) groups excluding carboxylic acids is 1. The Balaban J connectivity index is 1.35. The number of hydrogen-bond acceptors (Lipinski definition) is 5. The predicted octanol–water partition coefficient (Wildman–Crippen LogP) is 4.16. The highest BCUT2D eigenvalue weighted by atomic mass is 16.3. The summed E-state index contributed by atoms with van der Waals surface area (Å²) < 4.78 is 0. The van der Waals surface area contributed by atoms with E-state index in [2.05, 4.69) is 21.7 Å². The Labute approximate surface area is 191 Å². The standard InChI is InChI=1S/C26H36N4O2/c1-2-21-10-12-22(13-11-21)26(32)30(25-9-5-6-14-27-25)20-17-28-15-18-29(19-16-28)23-7-3-4-8-24(23)31/h3-9,14,21-22,31H,2,10-13,15-20H2,1H3. The van der Waals surface area contributed by atoms with E-state index in [9.17, 15) is 9.90 Å². The van der Waals surface area contributed by atoms with Gasteiger partial charge in [-0.05, 0) is 55.9 Å². The van der Waals surface area contributed by atoms with E-state index >= 15 is 0 Å². The molecule has 0 bridgehead atoms. The van der Waals surface area contributed by atoms with Crippen molar-refractivity contribution < 1.29 is 9.90 Å². The van der Waals surface area contributed by atoms with Crippen LogP contribution in [-0.4, -0.2) is 60.2 Å². The molecular weight excluding hydrogens is 400 g/mol. The number of aromatic hydroxyl groups is 1. The van der Waals surface area contributed by atoms with Gasteiger partial charge in [0.25, 0.3) is 0 Å². The maximum Gasteiger partial charge on any atom is 0.231 e. The minimum Gasteiger partial charge on any atom is -0.506 e. The summed E-state index contributed by atoms with van der Waals surface area (Å²) in [7, 11) is 0. The molecule has 1 aliphatic carbocycles. The fourth-order valence-electron chi connectivity index (χ4n) is 5.07. The zero-order chi connectivity index (χ0) is 22.3. The lowest BCUT2D eigenvalue weighted by Crippen LogP contribution is -2.50. The molecule has 2 aliphatic rings. The van der Waals surface area contributed by atoms with Crippen molar-refractivity contribution in [3.8, 4) is 5.75 Å². The first-order valence-electron chi connectivity index (χ1n) is 12.1. The van der Waals surface area contributed by atoms with Gasteiger partial charge < -0.3 is 10.0 Å². The first-order valence-corrected chi connectivity index (χ1v) is 12.1. The first-order chi connectivity index (χ1) is 15.7. The van der Waals surface area contributed by atoms with Gasteiger partial charge in [0.2, 0.25) is 5.91 Å². The Morgan fingerprint density at radius 2 is 1.75 bits per heavy atom. The maximum atomic E-state index is 13.5. The van der Waals surface area contributed by atoms with Crippen molar-refractivity contribution in [2.24, 2.45) is 11.8 Å². The molecule has 1 aromatic carbocycles. The number of nitrogens with zero attached hydrogens (tertiary/aromatic N) is 4. The molecule has 2 aromatic rings. The highest BCUT2D eigenvalue weighted by Gasteiger charge is 2.30. The SMILES string of the molecule is CCC1CCC(C(=O)N(CCN2CCN(c3ccccc3O)CC2)c2ccccn2)CC1. The Bertz CT molecular complexity index is 859. The molecule has 0 atom stereocenters. The number of para-hydroxylation sites is 2. The average Bonchev–Trinajstić information content (AvgIpc) is 2.85. The highest BCUT2D eigenvalue weighted by molar-refractivity contribution is 5.94. The summed E-state index contributed by atoms with van der Waals surface area (Å²) in [6.45, 7) is 7.33. The van der Waals surface area contributed by atoms with Crippen LogP contribution in [0.3, 0.4) is 0 Å². The van der Waals surface area contributed by atoms with Crippen molar-refractivity contribution in [3.05, 3.63) is 48.7 Å². The number of phenolic OH excluding ortho intramolecular Hbond substituents is 1. The minimum absolute atomic E-state index is 0.123. The molecule has 6 nitrogen and oxygen atoms in total. The van der Waals surface area contributed by atoms with Crippen LogP contribution in [-0.2, 0) is 4.79 Å². The molecule has 0 unspecified atom stereocenters. The molecule has 1 N–H and O–H groups in total. The third kappa shape index (κ3) is 5.41. The van der Waals surface area contributed by atoms with E-state index in [0.29, 0.717) is 12.3 Å². The van der Waals surface area contributed by atoms with Crippen LogP contribution in [0.4, 0.5) is 11.5 Å². The van der Waals surface area contributed by atoms with Gasteiger partial charge in [0.15, 0.2) is 0 Å². The van der Waals surface area contributed by atoms with E-state index in [1.165, 1.54) is 6.42 Å². The fraction of sp³-hybridized carbons (Fsp3) is 0.538. The third-order valence-electron chi connectivity index (χ3n) is 7.20. The second-order valence-electron chi connectivity index (χ2n) is 9.12. The number of phenols is 1. The maximum absolute atomic E-state index is 13.5. The van der Waals surface area contributed by atoms with Crippen molar-refractivity contribution in [1.29, 1.82) is 0 Å². The van der Waals surface area contributed by atoms with Gasteiger partial charge in [-0.15, -0.1) is 0 Å². The van der Waals surface area contributed by atoms with E-state index in [0.717, 1.165) is 75.8 Å². The summed E-state index contributed by atoms with van der Waals surface area (Å²) in [6.07, 6.45) is 7.32. The summed E-state index contributed by atoms with van der Waals surface area (Å²) >= 11 is 0. The molecule has 1 amide bonds. The van der Waals surface area contributed by atoms with Gasteiger partial charge in [0.1, 0.15) is 11.6 Å². The van der Waals surface area contributed by atoms with E-state index in [4.69, 9.17) is 0 Å². The number of amides is 1. The van der Waals surface area contributed by atoms with Crippen molar-refractivity contribution in [3.63, 3.8) is 0 Å². The average molecular weight is 437 g/mol. The lowest BCUT2D eigenvalue weighted by atomic mass is 9.80. The largest absolute Gasteiger partial charge is 0.506 e. The second-order valence-corrected chi connectivity index (χ2v) is 9.12. The van der Waals surface area contributed by atoms with Crippen LogP contribution >= 0.6 is 0 Å². The molecular formula is C26H36N4O2. The van der Waals surface area contributed by atoms with Crippen LogP contribution in [0.25, 0.3) is 0 Å². The Hall–Kier alpha value is -2.60. The highest BCUT2D eigenvalue weighted by Crippen LogP contribution is 2.32. The molecule has 4 rings (SSSR count). The zero-order valence-electron chi connectivity index (χ0n) is 19.2. The van der Waals surface area contributed by atoms with Crippen molar-refractivity contribution in [1.82, 2.24) is 9.88 Å². The predicted molar refractivity (Wildman–Crippen MR) is 129 cm³/mol.